The first-order valence-electron chi connectivity index (χ1n) is 8.90. The van der Waals surface area contributed by atoms with E-state index in [1.54, 1.807) is 4.90 Å². The van der Waals surface area contributed by atoms with E-state index in [4.69, 9.17) is 9.84 Å². The highest BCUT2D eigenvalue weighted by Crippen LogP contribution is 2.21. The van der Waals surface area contributed by atoms with Crippen LogP contribution in [0.5, 0.6) is 0 Å². The molecule has 0 radical (unpaired) electrons. The van der Waals surface area contributed by atoms with Gasteiger partial charge in [0.05, 0.1) is 12.5 Å². The quantitative estimate of drug-likeness (QED) is 0.821. The number of ether oxygens (including phenoxy) is 1. The van der Waals surface area contributed by atoms with Crippen LogP contribution in [0.4, 0.5) is 4.79 Å². The smallest absolute Gasteiger partial charge is 0.410 e. The number of amides is 2. The summed E-state index contributed by atoms with van der Waals surface area (Å²) in [6.07, 6.45) is 1.34. The van der Waals surface area contributed by atoms with E-state index >= 15 is 0 Å². The lowest BCUT2D eigenvalue weighted by Gasteiger charge is -2.39. The van der Waals surface area contributed by atoms with E-state index < -0.39 is 5.60 Å². The summed E-state index contributed by atoms with van der Waals surface area (Å²) in [5.74, 6) is 0.0163. The average molecular weight is 341 g/mol. The number of aliphatic hydroxyl groups excluding tert-OH is 1. The Bertz CT molecular complexity index is 442. The van der Waals surface area contributed by atoms with E-state index in [1.165, 1.54) is 0 Å². The molecule has 0 spiro atoms. The molecule has 2 fully saturated rings. The molecular formula is C17H31N3O4. The first-order valence-corrected chi connectivity index (χ1v) is 8.90. The molecule has 7 nitrogen and oxygen atoms in total. The fourth-order valence-corrected chi connectivity index (χ4v) is 3.26. The molecule has 0 saturated carbocycles. The molecule has 1 unspecified atom stereocenters. The Morgan fingerprint density at radius 1 is 1.08 bits per heavy atom. The van der Waals surface area contributed by atoms with E-state index in [0.29, 0.717) is 32.7 Å². The van der Waals surface area contributed by atoms with Crippen molar-refractivity contribution in [2.24, 2.45) is 5.92 Å². The van der Waals surface area contributed by atoms with Gasteiger partial charge < -0.3 is 19.6 Å². The van der Waals surface area contributed by atoms with Gasteiger partial charge in [0, 0.05) is 45.8 Å². The van der Waals surface area contributed by atoms with Crippen LogP contribution >= 0.6 is 0 Å². The first kappa shape index (κ1) is 19.0. The number of aliphatic hydroxyl groups is 1. The van der Waals surface area contributed by atoms with Crippen molar-refractivity contribution in [3.63, 3.8) is 0 Å². The normalized spacial score (nSPS) is 23.2. The second-order valence-electron chi connectivity index (χ2n) is 7.66. The van der Waals surface area contributed by atoms with Gasteiger partial charge in [0.1, 0.15) is 5.60 Å². The Kier molecular flexibility index (Phi) is 6.46. The minimum absolute atomic E-state index is 0.129. The first-order chi connectivity index (χ1) is 11.3. The van der Waals surface area contributed by atoms with Gasteiger partial charge in [-0.1, -0.05) is 0 Å². The van der Waals surface area contributed by atoms with Gasteiger partial charge in [-0.05, 0) is 33.6 Å². The Morgan fingerprint density at radius 3 is 2.33 bits per heavy atom. The van der Waals surface area contributed by atoms with E-state index in [2.05, 4.69) is 4.90 Å². The van der Waals surface area contributed by atoms with Crippen molar-refractivity contribution in [2.45, 2.75) is 39.2 Å². The summed E-state index contributed by atoms with van der Waals surface area (Å²) in [4.78, 5) is 30.7. The SMILES string of the molecule is CC(C)(C)OC(=O)N1CCCC(C(=O)N2CCN(CCO)CC2)C1. The van der Waals surface area contributed by atoms with E-state index in [9.17, 15) is 9.59 Å². The molecule has 0 aromatic carbocycles. The zero-order valence-corrected chi connectivity index (χ0v) is 15.2. The number of piperazine rings is 1. The van der Waals surface area contributed by atoms with Gasteiger partial charge in [0.25, 0.3) is 0 Å². The van der Waals surface area contributed by atoms with Crippen molar-refractivity contribution in [3.05, 3.63) is 0 Å². The fourth-order valence-electron chi connectivity index (χ4n) is 3.26. The highest BCUT2D eigenvalue weighted by atomic mass is 16.6. The minimum Gasteiger partial charge on any atom is -0.444 e. The average Bonchev–Trinajstić information content (AvgIpc) is 2.54. The van der Waals surface area contributed by atoms with Crippen LogP contribution in [0.3, 0.4) is 0 Å². The van der Waals surface area contributed by atoms with Gasteiger partial charge in [-0.2, -0.15) is 0 Å². The molecule has 138 valence electrons. The van der Waals surface area contributed by atoms with Gasteiger partial charge in [-0.25, -0.2) is 4.79 Å². The predicted molar refractivity (Wildman–Crippen MR) is 90.6 cm³/mol. The van der Waals surface area contributed by atoms with E-state index in [0.717, 1.165) is 25.9 Å². The third-order valence-corrected chi connectivity index (χ3v) is 4.52. The summed E-state index contributed by atoms with van der Waals surface area (Å²) in [5.41, 5.74) is -0.517. The Balaban J connectivity index is 1.85. The minimum atomic E-state index is -0.517. The van der Waals surface area contributed by atoms with Crippen LogP contribution in [0.25, 0.3) is 0 Å². The molecule has 2 aliphatic heterocycles. The zero-order chi connectivity index (χ0) is 17.7. The Labute approximate surface area is 144 Å². The number of rotatable bonds is 3. The molecule has 2 saturated heterocycles. The molecule has 2 aliphatic rings. The number of nitrogens with zero attached hydrogens (tertiary/aromatic N) is 3. The third-order valence-electron chi connectivity index (χ3n) is 4.52. The highest BCUT2D eigenvalue weighted by Gasteiger charge is 2.34. The van der Waals surface area contributed by atoms with Crippen molar-refractivity contribution in [3.8, 4) is 0 Å². The second kappa shape index (κ2) is 8.16. The topological polar surface area (TPSA) is 73.3 Å². The summed E-state index contributed by atoms with van der Waals surface area (Å²) >= 11 is 0. The van der Waals surface area contributed by atoms with Gasteiger partial charge >= 0.3 is 6.09 Å². The van der Waals surface area contributed by atoms with Crippen LogP contribution in [-0.4, -0.2) is 89.8 Å². The van der Waals surface area contributed by atoms with Crippen molar-refractivity contribution in [1.29, 1.82) is 0 Å². The zero-order valence-electron chi connectivity index (χ0n) is 15.2. The summed E-state index contributed by atoms with van der Waals surface area (Å²) in [6, 6.07) is 0. The number of carbonyl (C=O) groups excluding carboxylic acids is 2. The third kappa shape index (κ3) is 5.34. The van der Waals surface area contributed by atoms with Crippen LogP contribution in [-0.2, 0) is 9.53 Å². The lowest BCUT2D eigenvalue weighted by atomic mass is 9.96. The lowest BCUT2D eigenvalue weighted by Crippen LogP contribution is -2.53. The van der Waals surface area contributed by atoms with Crippen LogP contribution in [0.2, 0.25) is 0 Å². The van der Waals surface area contributed by atoms with Crippen LogP contribution in [0.1, 0.15) is 33.6 Å². The molecule has 24 heavy (non-hydrogen) atoms. The Hall–Kier alpha value is -1.34. The van der Waals surface area contributed by atoms with E-state index in [1.807, 2.05) is 25.7 Å². The van der Waals surface area contributed by atoms with Crippen molar-refractivity contribution in [1.82, 2.24) is 14.7 Å². The predicted octanol–water partition coefficient (Wildman–Crippen LogP) is 0.770. The van der Waals surface area contributed by atoms with Gasteiger partial charge in [0.2, 0.25) is 5.91 Å². The number of hydrogen-bond acceptors (Lipinski definition) is 5. The van der Waals surface area contributed by atoms with E-state index in [-0.39, 0.29) is 24.5 Å². The molecule has 2 heterocycles. The molecule has 0 aromatic heterocycles. The summed E-state index contributed by atoms with van der Waals surface area (Å²) in [6.45, 7) is 10.5. The van der Waals surface area contributed by atoms with Crippen molar-refractivity contribution in [2.75, 3.05) is 52.4 Å². The molecule has 0 aromatic rings. The Morgan fingerprint density at radius 2 is 1.75 bits per heavy atom. The van der Waals surface area contributed by atoms with Crippen LogP contribution < -0.4 is 0 Å². The van der Waals surface area contributed by atoms with Crippen molar-refractivity contribution >= 4 is 12.0 Å². The summed E-state index contributed by atoms with van der Waals surface area (Å²) in [7, 11) is 0. The van der Waals surface area contributed by atoms with Gasteiger partial charge in [-0.15, -0.1) is 0 Å². The number of hydrogen-bond donors (Lipinski definition) is 1. The second-order valence-corrected chi connectivity index (χ2v) is 7.66. The number of piperidine rings is 1. The van der Waals surface area contributed by atoms with Crippen LogP contribution in [0, 0.1) is 5.92 Å². The van der Waals surface area contributed by atoms with Gasteiger partial charge in [0.15, 0.2) is 0 Å². The van der Waals surface area contributed by atoms with Crippen molar-refractivity contribution < 1.29 is 19.4 Å². The van der Waals surface area contributed by atoms with Crippen LogP contribution in [0.15, 0.2) is 0 Å². The molecule has 2 amide bonds. The molecule has 0 bridgehead atoms. The largest absolute Gasteiger partial charge is 0.444 e. The molecule has 2 rings (SSSR count). The molecule has 7 heteroatoms. The number of carbonyl (C=O) groups is 2. The molecule has 1 atom stereocenters. The summed E-state index contributed by atoms with van der Waals surface area (Å²) in [5, 5.41) is 8.99. The maximum absolute atomic E-state index is 12.8. The fraction of sp³-hybridized carbons (Fsp3) is 0.882. The highest BCUT2D eigenvalue weighted by molar-refractivity contribution is 5.80. The molecule has 0 aliphatic carbocycles. The number of β-amino-alcohol motifs (C(OH)–C–C–N with tert-alkyl or cyclic N) is 1. The lowest BCUT2D eigenvalue weighted by molar-refractivity contribution is -0.139. The molecular weight excluding hydrogens is 310 g/mol. The maximum Gasteiger partial charge on any atom is 0.410 e. The number of likely N-dealkylation sites (tertiary alicyclic amines) is 1. The van der Waals surface area contributed by atoms with Gasteiger partial charge in [-0.3, -0.25) is 9.69 Å². The standard InChI is InChI=1S/C17H31N3O4/c1-17(2,3)24-16(23)20-6-4-5-14(13-20)15(22)19-9-7-18(8-10-19)11-12-21/h14,21H,4-13H2,1-3H3. The summed E-state index contributed by atoms with van der Waals surface area (Å²) < 4.78 is 5.42. The maximum atomic E-state index is 12.8. The molecule has 1 N–H and O–H groups in total. The monoisotopic (exact) mass is 341 g/mol.